The Labute approximate surface area is 157 Å². The number of alkyl halides is 3. The van der Waals surface area contributed by atoms with Crippen LogP contribution in [-0.4, -0.2) is 11.5 Å². The first kappa shape index (κ1) is 21.2. The summed E-state index contributed by atoms with van der Waals surface area (Å²) in [6.45, 7) is 3.17. The molecule has 1 unspecified atom stereocenters. The quantitative estimate of drug-likeness (QED) is 0.348. The van der Waals surface area contributed by atoms with Crippen LogP contribution in [0.15, 0.2) is 30.3 Å². The molecule has 0 aliphatic heterocycles. The van der Waals surface area contributed by atoms with Gasteiger partial charge < -0.3 is 9.26 Å². The number of hydrogen-bond donors (Lipinski definition) is 0. The van der Waals surface area contributed by atoms with E-state index in [1.807, 2.05) is 0 Å². The van der Waals surface area contributed by atoms with Gasteiger partial charge in [-0.1, -0.05) is 11.6 Å². The van der Waals surface area contributed by atoms with Crippen molar-refractivity contribution < 1.29 is 31.9 Å². The summed E-state index contributed by atoms with van der Waals surface area (Å²) in [5, 5.41) is 10.7. The molecule has 0 heterocycles. The van der Waals surface area contributed by atoms with Crippen LogP contribution in [0.3, 0.4) is 0 Å². The summed E-state index contributed by atoms with van der Waals surface area (Å²) in [4.78, 5) is 10.5. The molecule has 0 radical (unpaired) electrons. The second-order valence-electron chi connectivity index (χ2n) is 5.36. The van der Waals surface area contributed by atoms with Crippen LogP contribution in [0.5, 0.6) is 11.5 Å². The van der Waals surface area contributed by atoms with Crippen molar-refractivity contribution >= 4 is 30.6 Å². The van der Waals surface area contributed by atoms with Crippen LogP contribution in [-0.2, 0) is 15.3 Å². The van der Waals surface area contributed by atoms with Crippen LogP contribution in [0.25, 0.3) is 0 Å². The molecule has 0 fully saturated rings. The Morgan fingerprint density at radius 1 is 1.22 bits per heavy atom. The van der Waals surface area contributed by atoms with Crippen molar-refractivity contribution in [3.05, 3.63) is 56.6 Å². The number of aryl methyl sites for hydroxylation is 1. The molecule has 0 saturated carbocycles. The van der Waals surface area contributed by atoms with E-state index in [1.165, 1.54) is 13.0 Å². The molecule has 0 aliphatic rings. The fourth-order valence-electron chi connectivity index (χ4n) is 2.18. The summed E-state index contributed by atoms with van der Waals surface area (Å²) in [6.07, 6.45) is -4.56. The fourth-order valence-corrected chi connectivity index (χ4v) is 3.44. The van der Waals surface area contributed by atoms with Gasteiger partial charge in [0.15, 0.2) is 0 Å². The summed E-state index contributed by atoms with van der Waals surface area (Å²) in [7, 11) is -2.91. The molecule has 1 atom stereocenters. The summed E-state index contributed by atoms with van der Waals surface area (Å²) in [5.41, 5.74) is -1.02. The summed E-state index contributed by atoms with van der Waals surface area (Å²) in [6, 6.07) is 4.88. The maximum Gasteiger partial charge on any atom is 0.416 e. The summed E-state index contributed by atoms with van der Waals surface area (Å²) >= 11 is 5.86. The van der Waals surface area contributed by atoms with E-state index < -0.39 is 30.4 Å². The lowest BCUT2D eigenvalue weighted by atomic mass is 10.2. The Bertz CT molecular complexity index is 904. The Balaban J connectivity index is 2.46. The van der Waals surface area contributed by atoms with Crippen molar-refractivity contribution in [1.29, 1.82) is 0 Å². The molecule has 2 rings (SSSR count). The van der Waals surface area contributed by atoms with Crippen molar-refractivity contribution in [2.75, 3.05) is 6.61 Å². The van der Waals surface area contributed by atoms with E-state index in [0.29, 0.717) is 11.6 Å². The molecule has 146 valence electrons. The third-order valence-electron chi connectivity index (χ3n) is 3.46. The van der Waals surface area contributed by atoms with Gasteiger partial charge in [-0.3, -0.25) is 14.7 Å². The highest BCUT2D eigenvalue weighted by Gasteiger charge is 2.31. The van der Waals surface area contributed by atoms with Gasteiger partial charge >= 0.3 is 6.18 Å². The largest absolute Gasteiger partial charge is 0.455 e. The Hall–Kier alpha value is -2.09. The number of rotatable bonds is 6. The van der Waals surface area contributed by atoms with Gasteiger partial charge in [0.05, 0.1) is 22.1 Å². The maximum absolute atomic E-state index is 12.7. The zero-order valence-electron chi connectivity index (χ0n) is 14.1. The normalized spacial score (nSPS) is 12.7. The second kappa shape index (κ2) is 8.29. The lowest BCUT2D eigenvalue weighted by Crippen LogP contribution is -2.08. The number of nitro benzene ring substituents is 1. The number of nitrogens with zero attached hydrogens (tertiary/aromatic N) is 1. The van der Waals surface area contributed by atoms with Gasteiger partial charge in [0.1, 0.15) is 16.8 Å². The first-order chi connectivity index (χ1) is 12.5. The zero-order chi connectivity index (χ0) is 20.4. The van der Waals surface area contributed by atoms with E-state index in [2.05, 4.69) is 0 Å². The van der Waals surface area contributed by atoms with Crippen molar-refractivity contribution in [2.45, 2.75) is 20.0 Å². The fraction of sp³-hybridized carbons (Fsp3) is 0.250. The molecule has 11 heteroatoms. The lowest BCUT2D eigenvalue weighted by molar-refractivity contribution is -0.383. The molecule has 6 nitrogen and oxygen atoms in total. The molecule has 2 aromatic rings. The third-order valence-corrected chi connectivity index (χ3v) is 5.15. The molecule has 2 aromatic carbocycles. The van der Waals surface area contributed by atoms with Crippen LogP contribution in [0.4, 0.5) is 18.9 Å². The number of ether oxygens (including phenoxy) is 1. The van der Waals surface area contributed by atoms with Crippen molar-refractivity contribution in [2.24, 2.45) is 0 Å². The zero-order valence-corrected chi connectivity index (χ0v) is 15.9. The maximum atomic E-state index is 12.7. The monoisotopic (exact) mass is 423 g/mol. The number of nitro groups is 1. The van der Waals surface area contributed by atoms with Crippen molar-refractivity contribution in [3.8, 4) is 11.5 Å². The SMILES string of the molecule is CCO[PH](=O)c1cc(Oc2ccc(C(F)(F)F)cc2Cl)c(C)cc1[N+](=O)[O-]. The van der Waals surface area contributed by atoms with Crippen LogP contribution < -0.4 is 10.0 Å². The van der Waals surface area contributed by atoms with Gasteiger partial charge in [-0.05, 0) is 37.6 Å². The average Bonchev–Trinajstić information content (AvgIpc) is 2.57. The molecule has 0 spiro atoms. The van der Waals surface area contributed by atoms with E-state index in [9.17, 15) is 27.9 Å². The van der Waals surface area contributed by atoms with Crippen LogP contribution in [0, 0.1) is 17.0 Å². The molecule has 0 bridgehead atoms. The predicted octanol–water partition coefficient (Wildman–Crippen LogP) is 5.50. The second-order valence-corrected chi connectivity index (χ2v) is 7.17. The minimum atomic E-state index is -4.56. The van der Waals surface area contributed by atoms with Gasteiger partial charge in [0.25, 0.3) is 5.69 Å². The topological polar surface area (TPSA) is 78.7 Å². The van der Waals surface area contributed by atoms with Crippen LogP contribution >= 0.6 is 19.6 Å². The standard InChI is InChI=1S/C16H14ClF3NO5P/c1-3-25-27(24)15-8-14(9(2)6-12(15)21(22)23)26-13-5-4-10(7-11(13)17)16(18,19)20/h4-8,27H,3H2,1-2H3. The first-order valence-electron chi connectivity index (χ1n) is 7.55. The summed E-state index contributed by atoms with van der Waals surface area (Å²) < 4.78 is 60.8. The Morgan fingerprint density at radius 2 is 1.89 bits per heavy atom. The Morgan fingerprint density at radius 3 is 2.41 bits per heavy atom. The minimum absolute atomic E-state index is 0.0651. The van der Waals surface area contributed by atoms with E-state index in [0.717, 1.165) is 18.2 Å². The van der Waals surface area contributed by atoms with Crippen molar-refractivity contribution in [3.63, 3.8) is 0 Å². The number of hydrogen-bond acceptors (Lipinski definition) is 5. The van der Waals surface area contributed by atoms with Gasteiger partial charge in [-0.15, -0.1) is 0 Å². The molecule has 0 amide bonds. The lowest BCUT2D eigenvalue weighted by Gasteiger charge is -2.14. The van der Waals surface area contributed by atoms with E-state index in [1.54, 1.807) is 6.92 Å². The first-order valence-corrected chi connectivity index (χ1v) is 9.24. The van der Waals surface area contributed by atoms with E-state index in [-0.39, 0.29) is 28.4 Å². The molecule has 0 saturated heterocycles. The van der Waals surface area contributed by atoms with E-state index >= 15 is 0 Å². The summed E-state index contributed by atoms with van der Waals surface area (Å²) in [5.74, 6) is -0.0148. The molecule has 0 aromatic heterocycles. The molecule has 0 aliphatic carbocycles. The molecular weight excluding hydrogens is 410 g/mol. The van der Waals surface area contributed by atoms with Gasteiger partial charge in [0.2, 0.25) is 8.03 Å². The minimum Gasteiger partial charge on any atom is -0.455 e. The predicted molar refractivity (Wildman–Crippen MR) is 94.6 cm³/mol. The van der Waals surface area contributed by atoms with Gasteiger partial charge in [-0.25, -0.2) is 0 Å². The Kier molecular flexibility index (Phi) is 6.51. The number of benzene rings is 2. The van der Waals surface area contributed by atoms with Crippen LogP contribution in [0.1, 0.15) is 18.1 Å². The highest BCUT2D eigenvalue weighted by molar-refractivity contribution is 7.48. The highest BCUT2D eigenvalue weighted by Crippen LogP contribution is 2.38. The smallest absolute Gasteiger partial charge is 0.416 e. The average molecular weight is 424 g/mol. The molecular formula is C16H14ClF3NO5P. The van der Waals surface area contributed by atoms with Crippen molar-refractivity contribution in [1.82, 2.24) is 0 Å². The van der Waals surface area contributed by atoms with E-state index in [4.69, 9.17) is 20.9 Å². The number of halogens is 4. The van der Waals surface area contributed by atoms with Crippen LogP contribution in [0.2, 0.25) is 5.02 Å². The highest BCUT2D eigenvalue weighted by atomic mass is 35.5. The molecule has 0 N–H and O–H groups in total. The molecule has 27 heavy (non-hydrogen) atoms. The third kappa shape index (κ3) is 5.00. The van der Waals surface area contributed by atoms with Gasteiger partial charge in [-0.2, -0.15) is 13.2 Å². The van der Waals surface area contributed by atoms with Gasteiger partial charge in [0, 0.05) is 12.1 Å².